The number of nitrogens with zero attached hydrogens (tertiary/aromatic N) is 3. The van der Waals surface area contributed by atoms with Gasteiger partial charge in [0.2, 0.25) is 0 Å². The number of rotatable bonds is 6. The molecule has 5 rings (SSSR count). The first-order valence-corrected chi connectivity index (χ1v) is 11.1. The van der Waals surface area contributed by atoms with E-state index in [0.29, 0.717) is 5.56 Å². The van der Waals surface area contributed by atoms with Crippen LogP contribution < -0.4 is 10.6 Å². The van der Waals surface area contributed by atoms with Crippen molar-refractivity contribution < 1.29 is 4.79 Å². The molecule has 0 saturated heterocycles. The molecule has 0 aliphatic carbocycles. The molecule has 0 radical (unpaired) electrons. The smallest absolute Gasteiger partial charge is 0.251 e. The first kappa shape index (κ1) is 21.3. The minimum Gasteiger partial charge on any atom is -0.356 e. The Balaban J connectivity index is 1.36. The number of anilines is 2. The zero-order valence-electron chi connectivity index (χ0n) is 18.9. The Kier molecular flexibility index (Phi) is 5.74. The van der Waals surface area contributed by atoms with E-state index < -0.39 is 0 Å². The second-order valence-electron chi connectivity index (χ2n) is 8.34. The Bertz CT molecular complexity index is 1440. The molecule has 0 fully saturated rings. The zero-order valence-corrected chi connectivity index (χ0v) is 18.9. The molecular formula is C27H24N6O. The van der Waals surface area contributed by atoms with Gasteiger partial charge in [0.1, 0.15) is 5.82 Å². The average molecular weight is 449 g/mol. The number of hydrogen-bond acceptors (Lipinski definition) is 5. The molecule has 2 heterocycles. The molecular weight excluding hydrogens is 424 g/mol. The standard InChI is InChI=1S/C27H24N6O/c1-17(2)29-27(34)20-10-13-24-25(16-20)32-26(31-24)19-5-3-6-22(15-19)30-21-11-8-18(9-12-21)23-7-4-14-28-33-23/h3-17,30H,1-2H3,(H,29,34)(H,31,32). The molecule has 1 amide bonds. The summed E-state index contributed by atoms with van der Waals surface area (Å²) in [6.07, 6.45) is 1.66. The molecule has 34 heavy (non-hydrogen) atoms. The highest BCUT2D eigenvalue weighted by molar-refractivity contribution is 5.97. The van der Waals surface area contributed by atoms with Gasteiger partial charge >= 0.3 is 0 Å². The Labute approximate surface area is 197 Å². The third-order valence-electron chi connectivity index (χ3n) is 5.34. The van der Waals surface area contributed by atoms with Gasteiger partial charge in [-0.05, 0) is 68.4 Å². The molecule has 2 aromatic heterocycles. The first-order valence-electron chi connectivity index (χ1n) is 11.1. The molecule has 0 unspecified atom stereocenters. The summed E-state index contributed by atoms with van der Waals surface area (Å²) < 4.78 is 0. The highest BCUT2D eigenvalue weighted by atomic mass is 16.1. The Hall–Kier alpha value is -4.52. The normalized spacial score (nSPS) is 11.0. The molecule has 0 bridgehead atoms. The maximum Gasteiger partial charge on any atom is 0.251 e. The molecule has 0 spiro atoms. The van der Waals surface area contributed by atoms with Crippen molar-refractivity contribution in [1.82, 2.24) is 25.5 Å². The molecule has 0 aliphatic heterocycles. The average Bonchev–Trinajstić information content (AvgIpc) is 3.28. The van der Waals surface area contributed by atoms with Crippen molar-refractivity contribution in [1.29, 1.82) is 0 Å². The Morgan fingerprint density at radius 3 is 2.50 bits per heavy atom. The lowest BCUT2D eigenvalue weighted by Crippen LogP contribution is -2.29. The van der Waals surface area contributed by atoms with Crippen molar-refractivity contribution in [3.8, 4) is 22.6 Å². The predicted molar refractivity (Wildman–Crippen MR) is 135 cm³/mol. The lowest BCUT2D eigenvalue weighted by molar-refractivity contribution is 0.0943. The van der Waals surface area contributed by atoms with E-state index in [1.807, 2.05) is 86.6 Å². The van der Waals surface area contributed by atoms with Crippen molar-refractivity contribution in [3.63, 3.8) is 0 Å². The Morgan fingerprint density at radius 2 is 1.74 bits per heavy atom. The number of fused-ring (bicyclic) bond motifs is 1. The second kappa shape index (κ2) is 9.15. The second-order valence-corrected chi connectivity index (χ2v) is 8.34. The van der Waals surface area contributed by atoms with Gasteiger partial charge in [-0.15, -0.1) is 0 Å². The lowest BCUT2D eigenvalue weighted by Gasteiger charge is -2.08. The molecule has 0 aliphatic rings. The van der Waals surface area contributed by atoms with Crippen LogP contribution in [-0.2, 0) is 0 Å². The molecule has 7 heteroatoms. The van der Waals surface area contributed by atoms with Crippen LogP contribution in [0, 0.1) is 0 Å². The number of imidazole rings is 1. The summed E-state index contributed by atoms with van der Waals surface area (Å²) in [5, 5.41) is 14.4. The number of carbonyl (C=O) groups is 1. The van der Waals surface area contributed by atoms with Crippen molar-refractivity contribution in [2.75, 3.05) is 5.32 Å². The Morgan fingerprint density at radius 1 is 0.882 bits per heavy atom. The summed E-state index contributed by atoms with van der Waals surface area (Å²) in [5.41, 5.74) is 6.96. The fraction of sp³-hybridized carbons (Fsp3) is 0.111. The lowest BCUT2D eigenvalue weighted by atomic mass is 10.1. The van der Waals surface area contributed by atoms with Gasteiger partial charge in [0.15, 0.2) is 0 Å². The number of amides is 1. The monoisotopic (exact) mass is 448 g/mol. The maximum atomic E-state index is 12.3. The number of H-pyrrole nitrogens is 1. The summed E-state index contributed by atoms with van der Waals surface area (Å²) in [6.45, 7) is 3.89. The van der Waals surface area contributed by atoms with Gasteiger partial charge in [-0.2, -0.15) is 10.2 Å². The van der Waals surface area contributed by atoms with Crippen LogP contribution in [0.4, 0.5) is 11.4 Å². The fourth-order valence-electron chi connectivity index (χ4n) is 3.72. The van der Waals surface area contributed by atoms with Gasteiger partial charge < -0.3 is 15.6 Å². The van der Waals surface area contributed by atoms with Crippen LogP contribution in [-0.4, -0.2) is 32.1 Å². The predicted octanol–water partition coefficient (Wildman–Crippen LogP) is 5.57. The van der Waals surface area contributed by atoms with Gasteiger partial charge in [0.25, 0.3) is 5.91 Å². The molecule has 0 saturated carbocycles. The van der Waals surface area contributed by atoms with Crippen molar-refractivity contribution >= 4 is 28.3 Å². The van der Waals surface area contributed by atoms with Crippen LogP contribution in [0.2, 0.25) is 0 Å². The van der Waals surface area contributed by atoms with Gasteiger partial charge in [-0.1, -0.05) is 24.3 Å². The number of benzene rings is 3. The summed E-state index contributed by atoms with van der Waals surface area (Å²) in [6, 6.07) is 25.5. The summed E-state index contributed by atoms with van der Waals surface area (Å²) >= 11 is 0. The third kappa shape index (κ3) is 4.63. The quantitative estimate of drug-likeness (QED) is 0.316. The molecule has 7 nitrogen and oxygen atoms in total. The van der Waals surface area contributed by atoms with Gasteiger partial charge in [0.05, 0.1) is 16.7 Å². The number of nitrogens with one attached hydrogen (secondary N) is 3. The molecule has 5 aromatic rings. The van der Waals surface area contributed by atoms with E-state index in [-0.39, 0.29) is 11.9 Å². The van der Waals surface area contributed by atoms with Crippen LogP contribution in [0.3, 0.4) is 0 Å². The summed E-state index contributed by atoms with van der Waals surface area (Å²) in [7, 11) is 0. The van der Waals surface area contributed by atoms with Crippen molar-refractivity contribution in [2.24, 2.45) is 0 Å². The van der Waals surface area contributed by atoms with E-state index in [2.05, 4.69) is 25.8 Å². The van der Waals surface area contributed by atoms with Crippen molar-refractivity contribution in [2.45, 2.75) is 19.9 Å². The van der Waals surface area contributed by atoms with E-state index in [9.17, 15) is 4.79 Å². The SMILES string of the molecule is CC(C)NC(=O)c1ccc2nc(-c3cccc(Nc4ccc(-c5cccnn5)cc4)c3)[nH]c2c1. The largest absolute Gasteiger partial charge is 0.356 e. The third-order valence-corrected chi connectivity index (χ3v) is 5.34. The number of aromatic amines is 1. The van der Waals surface area contributed by atoms with Gasteiger partial charge in [-0.3, -0.25) is 4.79 Å². The van der Waals surface area contributed by atoms with Gasteiger partial charge in [-0.25, -0.2) is 4.98 Å². The first-order chi connectivity index (χ1) is 16.5. The molecule has 168 valence electrons. The van der Waals surface area contributed by atoms with Crippen LogP contribution in [0.25, 0.3) is 33.7 Å². The topological polar surface area (TPSA) is 95.6 Å². The van der Waals surface area contributed by atoms with Gasteiger partial charge in [0, 0.05) is 40.3 Å². The van der Waals surface area contributed by atoms with Crippen molar-refractivity contribution in [3.05, 3.63) is 90.6 Å². The van der Waals surface area contributed by atoms with E-state index in [1.54, 1.807) is 12.3 Å². The summed E-state index contributed by atoms with van der Waals surface area (Å²) in [4.78, 5) is 20.4. The van der Waals surface area contributed by atoms with Crippen LogP contribution >= 0.6 is 0 Å². The number of carbonyl (C=O) groups excluding carboxylic acids is 1. The van der Waals surface area contributed by atoms with E-state index >= 15 is 0 Å². The highest BCUT2D eigenvalue weighted by Gasteiger charge is 2.11. The van der Waals surface area contributed by atoms with E-state index in [4.69, 9.17) is 4.98 Å². The minimum atomic E-state index is -0.0930. The maximum absolute atomic E-state index is 12.3. The minimum absolute atomic E-state index is 0.0824. The highest BCUT2D eigenvalue weighted by Crippen LogP contribution is 2.26. The number of hydrogen-bond donors (Lipinski definition) is 3. The zero-order chi connectivity index (χ0) is 23.5. The fourth-order valence-corrected chi connectivity index (χ4v) is 3.72. The summed E-state index contributed by atoms with van der Waals surface area (Å²) in [5.74, 6) is 0.655. The van der Waals surface area contributed by atoms with Crippen LogP contribution in [0.15, 0.2) is 85.1 Å². The molecule has 3 N–H and O–H groups in total. The number of aromatic nitrogens is 4. The van der Waals surface area contributed by atoms with E-state index in [0.717, 1.165) is 45.1 Å². The van der Waals surface area contributed by atoms with E-state index in [1.165, 1.54) is 0 Å². The molecule has 0 atom stereocenters. The molecule has 3 aromatic carbocycles. The van der Waals surface area contributed by atoms with Crippen LogP contribution in [0.5, 0.6) is 0 Å². The van der Waals surface area contributed by atoms with Crippen LogP contribution in [0.1, 0.15) is 24.2 Å².